The van der Waals surface area contributed by atoms with Gasteiger partial charge in [-0.3, -0.25) is 0 Å². The highest BCUT2D eigenvalue weighted by atomic mass is 35.5. The molecule has 0 bridgehead atoms. The second-order valence-corrected chi connectivity index (χ2v) is 6.54. The number of rotatable bonds is 3. The number of aryl methyl sites for hydroxylation is 1. The van der Waals surface area contributed by atoms with Crippen LogP contribution in [0.3, 0.4) is 0 Å². The molecule has 3 nitrogen and oxygen atoms in total. The van der Waals surface area contributed by atoms with Crippen molar-refractivity contribution in [1.82, 2.24) is 0 Å². The molecule has 2 unspecified atom stereocenters. The average Bonchev–Trinajstić information content (AvgIpc) is 2.50. The summed E-state index contributed by atoms with van der Waals surface area (Å²) in [5.41, 5.74) is 3.59. The zero-order valence-electron chi connectivity index (χ0n) is 13.0. The molecule has 0 spiro atoms. The van der Waals surface area contributed by atoms with Gasteiger partial charge in [0.15, 0.2) is 11.5 Å². The van der Waals surface area contributed by atoms with Crippen molar-refractivity contribution in [3.8, 4) is 11.5 Å². The first-order valence-electron chi connectivity index (χ1n) is 7.66. The van der Waals surface area contributed by atoms with Crippen LogP contribution in [0.15, 0.2) is 36.4 Å². The van der Waals surface area contributed by atoms with E-state index in [4.69, 9.17) is 11.6 Å². The molecule has 2 atom stereocenters. The predicted molar refractivity (Wildman–Crippen MR) is 87.7 cm³/mol. The highest BCUT2D eigenvalue weighted by molar-refractivity contribution is 6.30. The fourth-order valence-corrected chi connectivity index (χ4v) is 3.44. The highest BCUT2D eigenvalue weighted by Crippen LogP contribution is 2.33. The van der Waals surface area contributed by atoms with Gasteiger partial charge in [0, 0.05) is 23.4 Å². The highest BCUT2D eigenvalue weighted by Gasteiger charge is 2.29. The molecule has 3 N–H and O–H groups in total. The Kier molecular flexibility index (Phi) is 5.79. The number of phenolic OH excluding ortho intramolecular Hbond substituents is 2. The lowest BCUT2D eigenvalue weighted by Gasteiger charge is -2.32. The topological polar surface area (TPSA) is 44.9 Å². The molecule has 0 saturated carbocycles. The largest absolute Gasteiger partial charge is 1.00 e. The molecule has 0 aliphatic carbocycles. The van der Waals surface area contributed by atoms with Gasteiger partial charge in [-0.1, -0.05) is 23.7 Å². The lowest BCUT2D eigenvalue weighted by atomic mass is 9.89. The van der Waals surface area contributed by atoms with E-state index in [-0.39, 0.29) is 23.9 Å². The fraction of sp³-hybridized carbons (Fsp3) is 0.333. The molecule has 1 aliphatic heterocycles. The molecule has 3 rings (SSSR count). The Balaban J connectivity index is 0.00000192. The molecule has 0 fully saturated rings. The van der Waals surface area contributed by atoms with E-state index in [9.17, 15) is 10.2 Å². The number of benzene rings is 2. The summed E-state index contributed by atoms with van der Waals surface area (Å²) in [5.74, 6) is -0.0419. The Morgan fingerprint density at radius 1 is 1.13 bits per heavy atom. The second kappa shape index (κ2) is 7.43. The molecule has 5 heteroatoms. The van der Waals surface area contributed by atoms with Crippen molar-refractivity contribution in [3.63, 3.8) is 0 Å². The molecule has 0 aromatic heterocycles. The SMILES string of the molecule is C[NH+]1CCc2cc(O)c(O)cc2C1CCc1ccc(Cl)cc1.[Cl-]. The van der Waals surface area contributed by atoms with E-state index in [2.05, 4.69) is 19.2 Å². The Bertz CT molecular complexity index is 673. The smallest absolute Gasteiger partial charge is 0.157 e. The van der Waals surface area contributed by atoms with Crippen LogP contribution in [-0.2, 0) is 12.8 Å². The van der Waals surface area contributed by atoms with Crippen molar-refractivity contribution >= 4 is 11.6 Å². The van der Waals surface area contributed by atoms with Crippen molar-refractivity contribution in [2.45, 2.75) is 25.3 Å². The summed E-state index contributed by atoms with van der Waals surface area (Å²) in [6, 6.07) is 11.8. The van der Waals surface area contributed by atoms with Gasteiger partial charge in [0.1, 0.15) is 6.04 Å². The van der Waals surface area contributed by atoms with Crippen LogP contribution in [0.1, 0.15) is 29.2 Å². The zero-order chi connectivity index (χ0) is 15.7. The molecule has 0 saturated heterocycles. The van der Waals surface area contributed by atoms with Crippen molar-refractivity contribution in [2.75, 3.05) is 13.6 Å². The summed E-state index contributed by atoms with van der Waals surface area (Å²) in [6.07, 6.45) is 2.91. The number of quaternary nitrogens is 1. The second-order valence-electron chi connectivity index (χ2n) is 6.10. The molecule has 2 aromatic rings. The van der Waals surface area contributed by atoms with Crippen molar-refractivity contribution in [2.24, 2.45) is 0 Å². The fourth-order valence-electron chi connectivity index (χ4n) is 3.31. The molecule has 0 radical (unpaired) electrons. The summed E-state index contributed by atoms with van der Waals surface area (Å²) < 4.78 is 0. The van der Waals surface area contributed by atoms with Gasteiger partial charge in [-0.25, -0.2) is 0 Å². The average molecular weight is 354 g/mol. The van der Waals surface area contributed by atoms with Crippen LogP contribution in [0.25, 0.3) is 0 Å². The van der Waals surface area contributed by atoms with Crippen LogP contribution in [0.4, 0.5) is 0 Å². The van der Waals surface area contributed by atoms with E-state index in [1.807, 2.05) is 12.1 Å². The Hall–Kier alpha value is -1.42. The monoisotopic (exact) mass is 353 g/mol. The van der Waals surface area contributed by atoms with E-state index in [1.165, 1.54) is 10.5 Å². The quantitative estimate of drug-likeness (QED) is 0.651. The van der Waals surface area contributed by atoms with Crippen LogP contribution < -0.4 is 17.3 Å². The van der Waals surface area contributed by atoms with Gasteiger partial charge in [-0.15, -0.1) is 0 Å². The number of hydrogen-bond donors (Lipinski definition) is 3. The van der Waals surface area contributed by atoms with Gasteiger partial charge >= 0.3 is 0 Å². The molecular weight excluding hydrogens is 333 g/mol. The van der Waals surface area contributed by atoms with Gasteiger partial charge in [0.05, 0.1) is 13.6 Å². The number of hydrogen-bond acceptors (Lipinski definition) is 2. The number of nitrogens with one attached hydrogen (secondary N) is 1. The van der Waals surface area contributed by atoms with Gasteiger partial charge in [0.25, 0.3) is 0 Å². The summed E-state index contributed by atoms with van der Waals surface area (Å²) in [5, 5.41) is 20.3. The number of likely N-dealkylation sites (N-methyl/N-ethyl adjacent to an activating group) is 1. The van der Waals surface area contributed by atoms with Gasteiger partial charge < -0.3 is 27.5 Å². The first-order valence-corrected chi connectivity index (χ1v) is 8.04. The van der Waals surface area contributed by atoms with Crippen molar-refractivity contribution in [3.05, 3.63) is 58.1 Å². The third-order valence-electron chi connectivity index (χ3n) is 4.63. The van der Waals surface area contributed by atoms with Gasteiger partial charge in [-0.2, -0.15) is 0 Å². The molecular formula is C18H21Cl2NO2. The molecule has 124 valence electrons. The maximum Gasteiger partial charge on any atom is 0.157 e. The van der Waals surface area contributed by atoms with E-state index in [0.29, 0.717) is 6.04 Å². The van der Waals surface area contributed by atoms with Crippen molar-refractivity contribution < 1.29 is 27.5 Å². The molecule has 2 aromatic carbocycles. The summed E-state index contributed by atoms with van der Waals surface area (Å²) >= 11 is 5.93. The molecule has 1 aliphatic rings. The first-order chi connectivity index (χ1) is 10.5. The molecule has 0 amide bonds. The Labute approximate surface area is 147 Å². The van der Waals surface area contributed by atoms with Crippen molar-refractivity contribution in [1.29, 1.82) is 0 Å². The Morgan fingerprint density at radius 3 is 2.48 bits per heavy atom. The van der Waals surface area contributed by atoms with Crippen LogP contribution in [0, 0.1) is 0 Å². The van der Waals surface area contributed by atoms with Crippen LogP contribution in [-0.4, -0.2) is 23.8 Å². The lowest BCUT2D eigenvalue weighted by Crippen LogP contribution is -3.10. The standard InChI is InChI=1S/C18H20ClNO2.ClH/c1-20-9-8-13-10-17(21)18(22)11-15(13)16(20)7-4-12-2-5-14(19)6-3-12;/h2-3,5-6,10-11,16,21-22H,4,7-9H2,1H3;1H. The minimum absolute atomic E-state index is 0. The third kappa shape index (κ3) is 3.92. The van der Waals surface area contributed by atoms with E-state index >= 15 is 0 Å². The van der Waals surface area contributed by atoms with E-state index in [0.717, 1.165) is 42.0 Å². The number of aromatic hydroxyl groups is 2. The normalized spacial score (nSPS) is 19.7. The third-order valence-corrected chi connectivity index (χ3v) is 4.88. The first kappa shape index (κ1) is 17.9. The van der Waals surface area contributed by atoms with Crippen LogP contribution in [0.2, 0.25) is 5.02 Å². The maximum absolute atomic E-state index is 9.82. The van der Waals surface area contributed by atoms with E-state index in [1.54, 1.807) is 12.1 Å². The minimum atomic E-state index is -0.0232. The van der Waals surface area contributed by atoms with Crippen LogP contribution in [0.5, 0.6) is 11.5 Å². The summed E-state index contributed by atoms with van der Waals surface area (Å²) in [7, 11) is 2.19. The molecule has 1 heterocycles. The summed E-state index contributed by atoms with van der Waals surface area (Å²) in [6.45, 7) is 1.04. The lowest BCUT2D eigenvalue weighted by molar-refractivity contribution is -0.915. The maximum atomic E-state index is 9.82. The van der Waals surface area contributed by atoms with Crippen LogP contribution >= 0.6 is 11.6 Å². The van der Waals surface area contributed by atoms with E-state index < -0.39 is 0 Å². The number of phenols is 2. The van der Waals surface area contributed by atoms with Gasteiger partial charge in [0.2, 0.25) is 0 Å². The van der Waals surface area contributed by atoms with Gasteiger partial charge in [-0.05, 0) is 41.8 Å². The number of halogens is 2. The molecule has 23 heavy (non-hydrogen) atoms. The summed E-state index contributed by atoms with van der Waals surface area (Å²) in [4.78, 5) is 1.45. The predicted octanol–water partition coefficient (Wildman–Crippen LogP) is -0.500. The zero-order valence-corrected chi connectivity index (χ0v) is 14.5. The Morgan fingerprint density at radius 2 is 1.78 bits per heavy atom. The minimum Gasteiger partial charge on any atom is -1.00 e. The number of fused-ring (bicyclic) bond motifs is 1.